The number of primary amides is 1. The first-order chi connectivity index (χ1) is 8.99. The molecule has 6 heteroatoms. The zero-order valence-electron chi connectivity index (χ0n) is 9.69. The van der Waals surface area contributed by atoms with E-state index in [1.807, 2.05) is 0 Å². The largest absolute Gasteiger partial charge is 0.455 e. The Morgan fingerprint density at radius 1 is 1.26 bits per heavy atom. The van der Waals surface area contributed by atoms with Crippen LogP contribution in [0.3, 0.4) is 0 Å². The van der Waals surface area contributed by atoms with Gasteiger partial charge in [0.2, 0.25) is 0 Å². The standard InChI is InChI=1S/C13H10ClFN2O2/c14-9-6-7(4-5-10(9)15)19-11-3-1-2-8(12(11)16)13(17)18/h1-6H,16H2,(H2,17,18). The molecule has 98 valence electrons. The number of hydrogen-bond acceptors (Lipinski definition) is 3. The van der Waals surface area contributed by atoms with Crippen LogP contribution in [-0.2, 0) is 0 Å². The van der Waals surface area contributed by atoms with Crippen LogP contribution < -0.4 is 16.2 Å². The summed E-state index contributed by atoms with van der Waals surface area (Å²) in [5, 5.41) is -0.0675. The summed E-state index contributed by atoms with van der Waals surface area (Å²) >= 11 is 5.64. The van der Waals surface area contributed by atoms with Crippen molar-refractivity contribution in [2.45, 2.75) is 0 Å². The number of rotatable bonds is 3. The number of ether oxygens (including phenoxy) is 1. The van der Waals surface area contributed by atoms with Gasteiger partial charge in [0.05, 0.1) is 16.3 Å². The van der Waals surface area contributed by atoms with E-state index in [2.05, 4.69) is 0 Å². The maximum absolute atomic E-state index is 13.0. The number of carbonyl (C=O) groups excluding carboxylic acids is 1. The molecule has 0 heterocycles. The van der Waals surface area contributed by atoms with Crippen molar-refractivity contribution in [2.24, 2.45) is 5.73 Å². The maximum Gasteiger partial charge on any atom is 0.250 e. The molecular formula is C13H10ClFN2O2. The number of para-hydroxylation sites is 1. The lowest BCUT2D eigenvalue weighted by Crippen LogP contribution is -2.13. The van der Waals surface area contributed by atoms with Crippen LogP contribution in [-0.4, -0.2) is 5.91 Å². The van der Waals surface area contributed by atoms with Crippen molar-refractivity contribution < 1.29 is 13.9 Å². The minimum atomic E-state index is -0.653. The van der Waals surface area contributed by atoms with Gasteiger partial charge in [-0.25, -0.2) is 4.39 Å². The van der Waals surface area contributed by atoms with E-state index >= 15 is 0 Å². The average molecular weight is 281 g/mol. The molecule has 0 saturated heterocycles. The fraction of sp³-hybridized carbons (Fsp3) is 0. The summed E-state index contributed by atoms with van der Waals surface area (Å²) in [6, 6.07) is 8.52. The number of nitrogens with two attached hydrogens (primary N) is 2. The highest BCUT2D eigenvalue weighted by Crippen LogP contribution is 2.31. The third-order valence-corrected chi connectivity index (χ3v) is 2.74. The van der Waals surface area contributed by atoms with Gasteiger partial charge in [0.1, 0.15) is 11.6 Å². The summed E-state index contributed by atoms with van der Waals surface area (Å²) < 4.78 is 18.5. The summed E-state index contributed by atoms with van der Waals surface area (Å²) in [6.07, 6.45) is 0. The lowest BCUT2D eigenvalue weighted by atomic mass is 10.1. The molecule has 0 aliphatic heterocycles. The van der Waals surface area contributed by atoms with Crippen molar-refractivity contribution in [1.82, 2.24) is 0 Å². The molecule has 2 rings (SSSR count). The van der Waals surface area contributed by atoms with Gasteiger partial charge in [-0.05, 0) is 24.3 Å². The van der Waals surface area contributed by atoms with Crippen LogP contribution in [0.5, 0.6) is 11.5 Å². The number of amides is 1. The maximum atomic E-state index is 13.0. The van der Waals surface area contributed by atoms with Crippen molar-refractivity contribution in [3.8, 4) is 11.5 Å². The number of halogens is 2. The first-order valence-corrected chi connectivity index (χ1v) is 5.68. The highest BCUT2D eigenvalue weighted by molar-refractivity contribution is 6.30. The van der Waals surface area contributed by atoms with E-state index in [1.54, 1.807) is 12.1 Å². The first-order valence-electron chi connectivity index (χ1n) is 5.30. The van der Waals surface area contributed by atoms with E-state index < -0.39 is 11.7 Å². The van der Waals surface area contributed by atoms with E-state index in [1.165, 1.54) is 24.3 Å². The molecule has 1 amide bonds. The Labute approximate surface area is 113 Å². The molecule has 0 aliphatic carbocycles. The molecule has 0 aliphatic rings. The smallest absolute Gasteiger partial charge is 0.250 e. The summed E-state index contributed by atoms with van der Waals surface area (Å²) in [6.45, 7) is 0. The Balaban J connectivity index is 2.35. The molecule has 0 bridgehead atoms. The Morgan fingerprint density at radius 3 is 2.63 bits per heavy atom. The Hall–Kier alpha value is -2.27. The minimum absolute atomic E-state index is 0.0675. The predicted molar refractivity (Wildman–Crippen MR) is 70.9 cm³/mol. The quantitative estimate of drug-likeness (QED) is 0.849. The fourth-order valence-corrected chi connectivity index (χ4v) is 1.69. The van der Waals surface area contributed by atoms with Crippen LogP contribution in [0.4, 0.5) is 10.1 Å². The normalized spacial score (nSPS) is 10.2. The van der Waals surface area contributed by atoms with Gasteiger partial charge >= 0.3 is 0 Å². The van der Waals surface area contributed by atoms with E-state index in [0.29, 0.717) is 5.75 Å². The molecule has 0 unspecified atom stereocenters. The Bertz CT molecular complexity index is 647. The molecule has 2 aromatic rings. The second-order valence-electron chi connectivity index (χ2n) is 3.76. The van der Waals surface area contributed by atoms with Crippen molar-refractivity contribution in [3.63, 3.8) is 0 Å². The van der Waals surface area contributed by atoms with E-state index in [0.717, 1.165) is 0 Å². The molecule has 0 atom stereocenters. The monoisotopic (exact) mass is 280 g/mol. The van der Waals surface area contributed by atoms with Gasteiger partial charge in [0, 0.05) is 6.07 Å². The zero-order valence-corrected chi connectivity index (χ0v) is 10.4. The molecule has 19 heavy (non-hydrogen) atoms. The van der Waals surface area contributed by atoms with Crippen molar-refractivity contribution in [3.05, 3.63) is 52.8 Å². The summed E-state index contributed by atoms with van der Waals surface area (Å²) in [5.74, 6) is -0.647. The van der Waals surface area contributed by atoms with Gasteiger partial charge in [-0.2, -0.15) is 0 Å². The van der Waals surface area contributed by atoms with Crippen LogP contribution in [0.25, 0.3) is 0 Å². The van der Waals surface area contributed by atoms with Crippen molar-refractivity contribution in [1.29, 1.82) is 0 Å². The second-order valence-corrected chi connectivity index (χ2v) is 4.17. The lowest BCUT2D eigenvalue weighted by molar-refractivity contribution is 0.100. The van der Waals surface area contributed by atoms with E-state index in [9.17, 15) is 9.18 Å². The number of carbonyl (C=O) groups is 1. The third kappa shape index (κ3) is 2.77. The van der Waals surface area contributed by atoms with Gasteiger partial charge in [-0.15, -0.1) is 0 Å². The van der Waals surface area contributed by atoms with Gasteiger partial charge in [-0.1, -0.05) is 17.7 Å². The van der Waals surface area contributed by atoms with E-state index in [-0.39, 0.29) is 22.0 Å². The number of benzene rings is 2. The van der Waals surface area contributed by atoms with Crippen LogP contribution in [0.15, 0.2) is 36.4 Å². The lowest BCUT2D eigenvalue weighted by Gasteiger charge is -2.10. The fourth-order valence-electron chi connectivity index (χ4n) is 1.52. The molecule has 4 nitrogen and oxygen atoms in total. The molecule has 0 fully saturated rings. The summed E-state index contributed by atoms with van der Waals surface area (Å²) in [5.41, 5.74) is 11.2. The number of nitrogen functional groups attached to an aromatic ring is 1. The van der Waals surface area contributed by atoms with Gasteiger partial charge in [0.25, 0.3) is 5.91 Å². The summed E-state index contributed by atoms with van der Waals surface area (Å²) in [4.78, 5) is 11.1. The van der Waals surface area contributed by atoms with Crippen molar-refractivity contribution in [2.75, 3.05) is 5.73 Å². The highest BCUT2D eigenvalue weighted by atomic mass is 35.5. The first kappa shape index (κ1) is 13.2. The minimum Gasteiger partial charge on any atom is -0.455 e. The van der Waals surface area contributed by atoms with Gasteiger partial charge in [-0.3, -0.25) is 4.79 Å². The molecule has 4 N–H and O–H groups in total. The second kappa shape index (κ2) is 5.16. The summed E-state index contributed by atoms with van der Waals surface area (Å²) in [7, 11) is 0. The molecule has 0 radical (unpaired) electrons. The average Bonchev–Trinajstić information content (AvgIpc) is 2.36. The Morgan fingerprint density at radius 2 is 2.00 bits per heavy atom. The van der Waals surface area contributed by atoms with Crippen molar-refractivity contribution >= 4 is 23.2 Å². The zero-order chi connectivity index (χ0) is 14.0. The SMILES string of the molecule is NC(=O)c1cccc(Oc2ccc(F)c(Cl)c2)c1N. The van der Waals surface area contributed by atoms with Crippen LogP contribution >= 0.6 is 11.6 Å². The highest BCUT2D eigenvalue weighted by Gasteiger charge is 2.11. The van der Waals surface area contributed by atoms with Crippen LogP contribution in [0.1, 0.15) is 10.4 Å². The van der Waals surface area contributed by atoms with Gasteiger partial charge < -0.3 is 16.2 Å². The molecular weight excluding hydrogens is 271 g/mol. The third-order valence-electron chi connectivity index (χ3n) is 2.45. The Kier molecular flexibility index (Phi) is 3.57. The van der Waals surface area contributed by atoms with E-state index in [4.69, 9.17) is 27.8 Å². The van der Waals surface area contributed by atoms with Crippen LogP contribution in [0, 0.1) is 5.82 Å². The predicted octanol–water partition coefficient (Wildman–Crippen LogP) is 2.95. The topological polar surface area (TPSA) is 78.3 Å². The molecule has 0 aromatic heterocycles. The molecule has 2 aromatic carbocycles. The van der Waals surface area contributed by atoms with Gasteiger partial charge in [0.15, 0.2) is 5.75 Å². The molecule has 0 saturated carbocycles. The molecule has 0 spiro atoms. The number of anilines is 1. The van der Waals surface area contributed by atoms with Crippen LogP contribution in [0.2, 0.25) is 5.02 Å². The number of hydrogen-bond donors (Lipinski definition) is 2.